The third kappa shape index (κ3) is 5.03. The maximum Gasteiger partial charge on any atom is 0.349 e. The average molecular weight is 494 g/mol. The van der Waals surface area contributed by atoms with Crippen LogP contribution in [-0.4, -0.2) is 22.9 Å². The van der Waals surface area contributed by atoms with Gasteiger partial charge in [-0.3, -0.25) is 4.79 Å². The van der Waals surface area contributed by atoms with Gasteiger partial charge in [-0.15, -0.1) is 11.3 Å². The summed E-state index contributed by atoms with van der Waals surface area (Å²) in [4.78, 5) is 24.8. The maximum absolute atomic E-state index is 12.4. The van der Waals surface area contributed by atoms with E-state index in [1.165, 1.54) is 6.08 Å². The van der Waals surface area contributed by atoms with Crippen molar-refractivity contribution in [3.63, 3.8) is 0 Å². The number of halogens is 3. The van der Waals surface area contributed by atoms with E-state index in [1.54, 1.807) is 24.3 Å². The van der Waals surface area contributed by atoms with Gasteiger partial charge in [-0.1, -0.05) is 40.9 Å². The van der Waals surface area contributed by atoms with Crippen LogP contribution in [0.5, 0.6) is 0 Å². The molecule has 0 saturated carbocycles. The molecule has 2 heterocycles. The van der Waals surface area contributed by atoms with Crippen LogP contribution in [0.25, 0.3) is 11.8 Å². The molecule has 0 atom stereocenters. The highest BCUT2D eigenvalue weighted by molar-refractivity contribution is 7.18. The third-order valence-corrected chi connectivity index (χ3v) is 6.55. The van der Waals surface area contributed by atoms with Crippen molar-refractivity contribution in [3.05, 3.63) is 78.2 Å². The number of ether oxygens (including phenoxy) is 1. The highest BCUT2D eigenvalue weighted by Crippen LogP contribution is 2.32. The Hall–Kier alpha value is -2.56. The predicted octanol–water partition coefficient (Wildman–Crippen LogP) is 6.45. The Labute approximate surface area is 198 Å². The lowest BCUT2D eigenvalue weighted by molar-refractivity contribution is -0.137. The smallest absolute Gasteiger partial charge is 0.349 e. The van der Waals surface area contributed by atoms with Crippen molar-refractivity contribution in [1.29, 1.82) is 5.26 Å². The Balaban J connectivity index is 1.84. The van der Waals surface area contributed by atoms with Gasteiger partial charge in [0.15, 0.2) is 6.61 Å². The van der Waals surface area contributed by atoms with E-state index in [0.29, 0.717) is 30.5 Å². The van der Waals surface area contributed by atoms with Gasteiger partial charge in [0, 0.05) is 11.4 Å². The number of hydrogen-bond acceptors (Lipinski definition) is 5. The molecule has 0 aliphatic heterocycles. The second kappa shape index (κ2) is 9.71. The monoisotopic (exact) mass is 492 g/mol. The Bertz CT molecular complexity index is 1250. The fraction of sp³-hybridized carbons (Fsp3) is 0.136. The molecular formula is C22H15Cl3N2O3S. The number of carbonyl (C=O) groups is 2. The number of esters is 1. The largest absolute Gasteiger partial charge is 0.453 e. The number of benzene rings is 1. The number of hydrogen-bond donors (Lipinski definition) is 0. The van der Waals surface area contributed by atoms with Crippen molar-refractivity contribution in [2.75, 3.05) is 6.61 Å². The van der Waals surface area contributed by atoms with Gasteiger partial charge in [0.1, 0.15) is 11.6 Å². The van der Waals surface area contributed by atoms with Crippen LogP contribution < -0.4 is 0 Å². The van der Waals surface area contributed by atoms with Crippen LogP contribution >= 0.6 is 46.1 Å². The standard InChI is InChI=1S/C22H15Cl3N2O3S/c1-12-8-14(13(2)27(12)17-5-3-4-16(23)21(17)25)9-15(10-26)22(29)30-11-18(28)19-6-7-20(24)31-19/h3-9H,11H2,1-2H3/b15-9+. The lowest BCUT2D eigenvalue weighted by Crippen LogP contribution is -2.14. The summed E-state index contributed by atoms with van der Waals surface area (Å²) in [6, 6.07) is 12.1. The summed E-state index contributed by atoms with van der Waals surface area (Å²) in [7, 11) is 0. The molecule has 0 saturated heterocycles. The molecule has 3 rings (SSSR count). The van der Waals surface area contributed by atoms with E-state index in [2.05, 4.69) is 0 Å². The van der Waals surface area contributed by atoms with Crippen molar-refractivity contribution in [2.24, 2.45) is 0 Å². The number of nitrogens with zero attached hydrogens (tertiary/aromatic N) is 2. The van der Waals surface area contributed by atoms with Gasteiger partial charge in [-0.05, 0) is 55.8 Å². The van der Waals surface area contributed by atoms with Crippen LogP contribution in [0, 0.1) is 25.2 Å². The lowest BCUT2D eigenvalue weighted by Gasteiger charge is -2.12. The van der Waals surface area contributed by atoms with Crippen LogP contribution in [0.2, 0.25) is 14.4 Å². The predicted molar refractivity (Wildman–Crippen MR) is 123 cm³/mol. The van der Waals surface area contributed by atoms with Gasteiger partial charge in [0.05, 0.1) is 24.9 Å². The van der Waals surface area contributed by atoms with E-state index in [9.17, 15) is 14.9 Å². The summed E-state index contributed by atoms with van der Waals surface area (Å²) in [5.41, 5.74) is 2.69. The van der Waals surface area contributed by atoms with Crippen molar-refractivity contribution in [3.8, 4) is 11.8 Å². The molecule has 0 unspecified atom stereocenters. The average Bonchev–Trinajstić information content (AvgIpc) is 3.29. The van der Waals surface area contributed by atoms with E-state index in [1.807, 2.05) is 36.6 Å². The first-order valence-electron chi connectivity index (χ1n) is 8.93. The highest BCUT2D eigenvalue weighted by atomic mass is 35.5. The summed E-state index contributed by atoms with van der Waals surface area (Å²) in [5, 5.41) is 10.3. The number of rotatable bonds is 6. The molecule has 0 fully saturated rings. The summed E-state index contributed by atoms with van der Waals surface area (Å²) < 4.78 is 7.37. The Morgan fingerprint density at radius 2 is 1.94 bits per heavy atom. The summed E-state index contributed by atoms with van der Waals surface area (Å²) in [6.07, 6.45) is 1.42. The minimum absolute atomic E-state index is 0.227. The van der Waals surface area contributed by atoms with Crippen LogP contribution in [0.3, 0.4) is 0 Å². The van der Waals surface area contributed by atoms with E-state index in [4.69, 9.17) is 39.5 Å². The number of nitriles is 1. The third-order valence-electron chi connectivity index (χ3n) is 4.46. The molecule has 0 amide bonds. The number of carbonyl (C=O) groups excluding carboxylic acids is 2. The molecule has 0 N–H and O–H groups in total. The van der Waals surface area contributed by atoms with Gasteiger partial charge in [0.2, 0.25) is 5.78 Å². The number of Topliss-reactive ketones (excluding diaryl/α,β-unsaturated/α-hetero) is 1. The lowest BCUT2D eigenvalue weighted by atomic mass is 10.1. The molecule has 1 aromatic carbocycles. The minimum atomic E-state index is -0.885. The number of ketones is 1. The first-order valence-corrected chi connectivity index (χ1v) is 10.9. The molecule has 3 aromatic rings. The molecule has 0 aliphatic rings. The first-order chi connectivity index (χ1) is 14.7. The molecule has 0 spiro atoms. The molecule has 9 heteroatoms. The number of aryl methyl sites for hydroxylation is 1. The second-order valence-electron chi connectivity index (χ2n) is 6.51. The van der Waals surface area contributed by atoms with Crippen molar-refractivity contribution in [1.82, 2.24) is 4.57 Å². The zero-order chi connectivity index (χ0) is 22.7. The van der Waals surface area contributed by atoms with E-state index in [-0.39, 0.29) is 5.57 Å². The molecule has 31 heavy (non-hydrogen) atoms. The molecule has 158 valence electrons. The maximum atomic E-state index is 12.4. The van der Waals surface area contributed by atoms with Gasteiger partial charge in [0.25, 0.3) is 0 Å². The zero-order valence-electron chi connectivity index (χ0n) is 16.4. The Kier molecular flexibility index (Phi) is 7.24. The highest BCUT2D eigenvalue weighted by Gasteiger charge is 2.18. The van der Waals surface area contributed by atoms with Crippen LogP contribution in [0.15, 0.2) is 42.0 Å². The fourth-order valence-electron chi connectivity index (χ4n) is 3.01. The van der Waals surface area contributed by atoms with Gasteiger partial charge < -0.3 is 9.30 Å². The topological polar surface area (TPSA) is 72.1 Å². The molecule has 2 aromatic heterocycles. The second-order valence-corrected chi connectivity index (χ2v) is 9.01. The Morgan fingerprint density at radius 3 is 2.58 bits per heavy atom. The minimum Gasteiger partial charge on any atom is -0.453 e. The van der Waals surface area contributed by atoms with Crippen LogP contribution in [-0.2, 0) is 9.53 Å². The van der Waals surface area contributed by atoms with Crippen LogP contribution in [0.4, 0.5) is 0 Å². The molecule has 0 radical (unpaired) electrons. The fourth-order valence-corrected chi connectivity index (χ4v) is 4.35. The van der Waals surface area contributed by atoms with E-state index < -0.39 is 18.4 Å². The summed E-state index contributed by atoms with van der Waals surface area (Å²) >= 11 is 19.4. The quantitative estimate of drug-likeness (QED) is 0.171. The van der Waals surface area contributed by atoms with Gasteiger partial charge >= 0.3 is 5.97 Å². The van der Waals surface area contributed by atoms with Crippen molar-refractivity contribution >= 4 is 64.0 Å². The zero-order valence-corrected chi connectivity index (χ0v) is 19.5. The van der Waals surface area contributed by atoms with Gasteiger partial charge in [-0.25, -0.2) is 4.79 Å². The Morgan fingerprint density at radius 1 is 1.19 bits per heavy atom. The SMILES string of the molecule is Cc1cc(/C=C(\C#N)C(=O)OCC(=O)c2ccc(Cl)s2)c(C)n1-c1cccc(Cl)c1Cl. The van der Waals surface area contributed by atoms with E-state index in [0.717, 1.165) is 22.7 Å². The molecular weight excluding hydrogens is 479 g/mol. The summed E-state index contributed by atoms with van der Waals surface area (Å²) in [5.74, 6) is -1.28. The molecule has 5 nitrogen and oxygen atoms in total. The van der Waals surface area contributed by atoms with Crippen LogP contribution in [0.1, 0.15) is 26.6 Å². The number of aromatic nitrogens is 1. The normalized spacial score (nSPS) is 11.3. The molecule has 0 aliphatic carbocycles. The van der Waals surface area contributed by atoms with Crippen molar-refractivity contribution in [2.45, 2.75) is 13.8 Å². The van der Waals surface area contributed by atoms with Gasteiger partial charge in [-0.2, -0.15) is 5.26 Å². The van der Waals surface area contributed by atoms with E-state index >= 15 is 0 Å². The molecule has 0 bridgehead atoms. The first kappa shape index (κ1) is 23.1. The summed E-state index contributed by atoms with van der Waals surface area (Å²) in [6.45, 7) is 3.23. The number of thiophene rings is 1. The van der Waals surface area contributed by atoms with Crippen molar-refractivity contribution < 1.29 is 14.3 Å².